The van der Waals surface area contributed by atoms with E-state index in [4.69, 9.17) is 9.47 Å². The van der Waals surface area contributed by atoms with E-state index in [1.54, 1.807) is 0 Å². The van der Waals surface area contributed by atoms with Crippen LogP contribution in [0, 0.1) is 34.5 Å². The van der Waals surface area contributed by atoms with Crippen LogP contribution in [0.3, 0.4) is 0 Å². The molecule has 146 valence electrons. The Morgan fingerprint density at radius 2 is 1.88 bits per heavy atom. The SMILES string of the molecule is COC(=O)[C@H]1[C@H](C)CC[C@]2(C)[C@@H]1CC[C@]1(C)C(C)=C[C@@H](OC(C)=O)C[C@@H]21. The fraction of sp³-hybridized carbons (Fsp3) is 0.818. The molecule has 3 aliphatic carbocycles. The normalized spacial score (nSPS) is 45.0. The highest BCUT2D eigenvalue weighted by molar-refractivity contribution is 5.73. The lowest BCUT2D eigenvalue weighted by Gasteiger charge is -2.62. The predicted octanol–water partition coefficient (Wildman–Crippen LogP) is 4.53. The standard InChI is InChI=1S/C22H34O4/c1-13-7-9-22(5)17(19(13)20(24)25-6)8-10-21(4)14(2)11-16(12-18(21)22)26-15(3)23/h11,13,16-19H,7-10,12H2,1-6H3/t13-,16-,17-,18-,19+,21-,22-/m1/s1. The molecule has 0 N–H and O–H groups in total. The highest BCUT2D eigenvalue weighted by Crippen LogP contribution is 2.66. The Morgan fingerprint density at radius 3 is 2.50 bits per heavy atom. The second kappa shape index (κ2) is 6.69. The molecular weight excluding hydrogens is 328 g/mol. The van der Waals surface area contributed by atoms with Crippen molar-refractivity contribution in [1.82, 2.24) is 0 Å². The van der Waals surface area contributed by atoms with E-state index in [-0.39, 0.29) is 34.8 Å². The molecule has 7 atom stereocenters. The first-order valence-corrected chi connectivity index (χ1v) is 10.1. The van der Waals surface area contributed by atoms with Crippen LogP contribution in [0.2, 0.25) is 0 Å². The van der Waals surface area contributed by atoms with Crippen molar-refractivity contribution in [3.63, 3.8) is 0 Å². The number of carbonyl (C=O) groups is 2. The Balaban J connectivity index is 1.98. The summed E-state index contributed by atoms with van der Waals surface area (Å²) in [5.41, 5.74) is 1.54. The van der Waals surface area contributed by atoms with Gasteiger partial charge in [0.2, 0.25) is 0 Å². The third-order valence-corrected chi connectivity index (χ3v) is 8.17. The lowest BCUT2D eigenvalue weighted by molar-refractivity contribution is -0.170. The summed E-state index contributed by atoms with van der Waals surface area (Å²) in [7, 11) is 1.51. The quantitative estimate of drug-likeness (QED) is 0.535. The van der Waals surface area contributed by atoms with Gasteiger partial charge in [-0.25, -0.2) is 0 Å². The zero-order chi connectivity index (χ0) is 19.3. The van der Waals surface area contributed by atoms with Crippen LogP contribution < -0.4 is 0 Å². The second-order valence-corrected chi connectivity index (χ2v) is 9.42. The molecule has 3 aliphatic rings. The van der Waals surface area contributed by atoms with Crippen LogP contribution in [0.1, 0.15) is 66.7 Å². The lowest BCUT2D eigenvalue weighted by atomic mass is 9.42. The average Bonchev–Trinajstić information content (AvgIpc) is 2.57. The Morgan fingerprint density at radius 1 is 1.19 bits per heavy atom. The maximum absolute atomic E-state index is 12.6. The van der Waals surface area contributed by atoms with E-state index >= 15 is 0 Å². The minimum Gasteiger partial charge on any atom is -0.469 e. The van der Waals surface area contributed by atoms with Gasteiger partial charge >= 0.3 is 11.9 Å². The molecule has 26 heavy (non-hydrogen) atoms. The number of hydrogen-bond donors (Lipinski definition) is 0. The minimum atomic E-state index is -0.218. The number of hydrogen-bond acceptors (Lipinski definition) is 4. The molecule has 0 aromatic carbocycles. The molecule has 0 aliphatic heterocycles. The van der Waals surface area contributed by atoms with Gasteiger partial charge in [0.25, 0.3) is 0 Å². The van der Waals surface area contributed by atoms with E-state index in [0.29, 0.717) is 17.8 Å². The van der Waals surface area contributed by atoms with E-state index in [2.05, 4.69) is 33.8 Å². The summed E-state index contributed by atoms with van der Waals surface area (Å²) in [6.07, 6.45) is 7.22. The van der Waals surface area contributed by atoms with Gasteiger partial charge in [-0.2, -0.15) is 0 Å². The van der Waals surface area contributed by atoms with Crippen molar-refractivity contribution >= 4 is 11.9 Å². The largest absolute Gasteiger partial charge is 0.469 e. The van der Waals surface area contributed by atoms with E-state index in [9.17, 15) is 9.59 Å². The maximum atomic E-state index is 12.6. The molecule has 0 unspecified atom stereocenters. The predicted molar refractivity (Wildman–Crippen MR) is 100 cm³/mol. The fourth-order valence-corrected chi connectivity index (χ4v) is 6.61. The van der Waals surface area contributed by atoms with Crippen molar-refractivity contribution in [1.29, 1.82) is 0 Å². The Labute approximate surface area is 157 Å². The zero-order valence-electron chi connectivity index (χ0n) is 17.1. The van der Waals surface area contributed by atoms with Crippen LogP contribution in [-0.4, -0.2) is 25.2 Å². The van der Waals surface area contributed by atoms with Crippen molar-refractivity contribution in [2.45, 2.75) is 72.8 Å². The van der Waals surface area contributed by atoms with Crippen LogP contribution in [0.5, 0.6) is 0 Å². The lowest BCUT2D eigenvalue weighted by Crippen LogP contribution is -2.57. The van der Waals surface area contributed by atoms with E-state index in [1.807, 2.05) is 0 Å². The van der Waals surface area contributed by atoms with Gasteiger partial charge in [0, 0.05) is 6.92 Å². The van der Waals surface area contributed by atoms with Crippen LogP contribution in [-0.2, 0) is 19.1 Å². The van der Waals surface area contributed by atoms with Gasteiger partial charge in [0.05, 0.1) is 13.0 Å². The van der Waals surface area contributed by atoms with Crippen molar-refractivity contribution in [3.05, 3.63) is 11.6 Å². The molecule has 0 saturated heterocycles. The van der Waals surface area contributed by atoms with Crippen molar-refractivity contribution < 1.29 is 19.1 Å². The van der Waals surface area contributed by atoms with Crippen molar-refractivity contribution in [3.8, 4) is 0 Å². The maximum Gasteiger partial charge on any atom is 0.309 e. The molecule has 2 saturated carbocycles. The highest BCUT2D eigenvalue weighted by Gasteiger charge is 2.60. The summed E-state index contributed by atoms with van der Waals surface area (Å²) in [5, 5.41) is 0. The molecule has 0 radical (unpaired) electrons. The molecule has 0 aromatic rings. The van der Waals surface area contributed by atoms with Crippen molar-refractivity contribution in [2.24, 2.45) is 34.5 Å². The van der Waals surface area contributed by atoms with E-state index in [1.165, 1.54) is 19.6 Å². The summed E-state index contributed by atoms with van der Waals surface area (Å²) < 4.78 is 10.8. The van der Waals surface area contributed by atoms with Gasteiger partial charge in [0.1, 0.15) is 6.10 Å². The minimum absolute atomic E-state index is 0.0123. The molecule has 0 heterocycles. The summed E-state index contributed by atoms with van der Waals surface area (Å²) >= 11 is 0. The van der Waals surface area contributed by atoms with Crippen LogP contribution in [0.4, 0.5) is 0 Å². The summed E-state index contributed by atoms with van der Waals surface area (Å²) in [5.74, 6) is 0.862. The van der Waals surface area contributed by atoms with Crippen LogP contribution in [0.25, 0.3) is 0 Å². The molecule has 3 rings (SSSR count). The molecule has 0 aromatic heterocycles. The third kappa shape index (κ3) is 2.90. The van der Waals surface area contributed by atoms with Gasteiger partial charge in [-0.15, -0.1) is 0 Å². The number of allylic oxidation sites excluding steroid dienone is 1. The first-order chi connectivity index (χ1) is 12.1. The topological polar surface area (TPSA) is 52.6 Å². The first-order valence-electron chi connectivity index (χ1n) is 10.1. The second-order valence-electron chi connectivity index (χ2n) is 9.42. The van der Waals surface area contributed by atoms with Gasteiger partial charge < -0.3 is 9.47 Å². The molecule has 2 fully saturated rings. The van der Waals surface area contributed by atoms with Crippen LogP contribution >= 0.6 is 0 Å². The summed E-state index contributed by atoms with van der Waals surface area (Å²) in [6, 6.07) is 0. The smallest absolute Gasteiger partial charge is 0.309 e. The Bertz CT molecular complexity index is 624. The number of esters is 2. The summed E-state index contributed by atoms with van der Waals surface area (Å²) in [6.45, 7) is 10.6. The summed E-state index contributed by atoms with van der Waals surface area (Å²) in [4.78, 5) is 24.1. The Hall–Kier alpha value is -1.32. The zero-order valence-corrected chi connectivity index (χ0v) is 17.1. The average molecular weight is 363 g/mol. The molecule has 0 bridgehead atoms. The van der Waals surface area contributed by atoms with E-state index < -0.39 is 0 Å². The monoisotopic (exact) mass is 362 g/mol. The van der Waals surface area contributed by atoms with Gasteiger partial charge in [-0.3, -0.25) is 9.59 Å². The van der Waals surface area contributed by atoms with Gasteiger partial charge in [0.15, 0.2) is 0 Å². The third-order valence-electron chi connectivity index (χ3n) is 8.17. The molecule has 4 heteroatoms. The number of methoxy groups -OCH3 is 1. The van der Waals surface area contributed by atoms with Gasteiger partial charge in [-0.1, -0.05) is 26.3 Å². The fourth-order valence-electron chi connectivity index (χ4n) is 6.61. The molecular formula is C22H34O4. The number of rotatable bonds is 2. The van der Waals surface area contributed by atoms with E-state index in [0.717, 1.165) is 32.1 Å². The molecule has 0 spiro atoms. The highest BCUT2D eigenvalue weighted by atomic mass is 16.5. The van der Waals surface area contributed by atoms with Gasteiger partial charge in [-0.05, 0) is 73.7 Å². The number of carbonyl (C=O) groups excluding carboxylic acids is 2. The molecule has 0 amide bonds. The molecule has 4 nitrogen and oxygen atoms in total. The van der Waals surface area contributed by atoms with Crippen LogP contribution in [0.15, 0.2) is 11.6 Å². The Kier molecular flexibility index (Phi) is 5.00. The number of ether oxygens (including phenoxy) is 2. The first kappa shape index (κ1) is 19.4. The number of fused-ring (bicyclic) bond motifs is 3. The van der Waals surface area contributed by atoms with Crippen molar-refractivity contribution in [2.75, 3.05) is 7.11 Å².